The van der Waals surface area contributed by atoms with E-state index in [1.165, 1.54) is 5.56 Å². The number of carbonyl (C=O) groups is 1. The molecule has 0 fully saturated rings. The van der Waals surface area contributed by atoms with E-state index in [-0.39, 0.29) is 5.91 Å². The van der Waals surface area contributed by atoms with Crippen LogP contribution in [-0.2, 0) is 4.79 Å². The Labute approximate surface area is 95.5 Å². The highest BCUT2D eigenvalue weighted by Crippen LogP contribution is 2.12. The second-order valence-electron chi connectivity index (χ2n) is 3.77. The standard InChI is InChI=1S/C12H17NOS/c1-9(2)15-8-12(14)13-11-6-4-10(3)5-7-11/h4-7,9H,8H2,1-3H3,(H,13,14). The van der Waals surface area contributed by atoms with Crippen LogP contribution in [0.15, 0.2) is 24.3 Å². The van der Waals surface area contributed by atoms with Gasteiger partial charge in [-0.2, -0.15) is 0 Å². The zero-order valence-electron chi connectivity index (χ0n) is 9.41. The molecule has 0 atom stereocenters. The summed E-state index contributed by atoms with van der Waals surface area (Å²) in [5, 5.41) is 3.36. The fourth-order valence-electron chi connectivity index (χ4n) is 1.08. The second kappa shape index (κ2) is 5.81. The van der Waals surface area contributed by atoms with Crippen molar-refractivity contribution in [2.45, 2.75) is 26.0 Å². The van der Waals surface area contributed by atoms with Crippen LogP contribution in [0.2, 0.25) is 0 Å². The molecular weight excluding hydrogens is 206 g/mol. The average molecular weight is 223 g/mol. The third kappa shape index (κ3) is 4.88. The number of thioether (sulfide) groups is 1. The minimum absolute atomic E-state index is 0.0672. The zero-order valence-corrected chi connectivity index (χ0v) is 10.2. The van der Waals surface area contributed by atoms with E-state index < -0.39 is 0 Å². The van der Waals surface area contributed by atoms with Gasteiger partial charge in [-0.3, -0.25) is 4.79 Å². The molecule has 1 aromatic carbocycles. The summed E-state index contributed by atoms with van der Waals surface area (Å²) in [7, 11) is 0. The predicted molar refractivity (Wildman–Crippen MR) is 67.4 cm³/mol. The van der Waals surface area contributed by atoms with Gasteiger partial charge >= 0.3 is 0 Å². The van der Waals surface area contributed by atoms with Crippen LogP contribution in [0.5, 0.6) is 0 Å². The van der Waals surface area contributed by atoms with Gasteiger partial charge < -0.3 is 5.32 Å². The van der Waals surface area contributed by atoms with Crippen LogP contribution in [0.3, 0.4) is 0 Å². The number of aryl methyl sites for hydroxylation is 1. The van der Waals surface area contributed by atoms with Crippen LogP contribution in [0.1, 0.15) is 19.4 Å². The van der Waals surface area contributed by atoms with Gasteiger partial charge in [0.05, 0.1) is 5.75 Å². The number of rotatable bonds is 4. The number of hydrogen-bond acceptors (Lipinski definition) is 2. The normalized spacial score (nSPS) is 10.4. The van der Waals surface area contributed by atoms with Crippen LogP contribution in [0, 0.1) is 6.92 Å². The minimum Gasteiger partial charge on any atom is -0.325 e. The third-order valence-corrected chi connectivity index (χ3v) is 2.98. The maximum Gasteiger partial charge on any atom is 0.234 e. The van der Waals surface area contributed by atoms with Crippen LogP contribution in [-0.4, -0.2) is 16.9 Å². The van der Waals surface area contributed by atoms with Crippen molar-refractivity contribution in [3.63, 3.8) is 0 Å². The predicted octanol–water partition coefficient (Wildman–Crippen LogP) is 3.08. The van der Waals surface area contributed by atoms with Gasteiger partial charge in [0.2, 0.25) is 5.91 Å². The molecule has 0 aromatic heterocycles. The first kappa shape index (κ1) is 12.1. The van der Waals surface area contributed by atoms with E-state index in [2.05, 4.69) is 19.2 Å². The van der Waals surface area contributed by atoms with Crippen molar-refractivity contribution < 1.29 is 4.79 Å². The molecule has 15 heavy (non-hydrogen) atoms. The van der Waals surface area contributed by atoms with Crippen LogP contribution < -0.4 is 5.32 Å². The zero-order chi connectivity index (χ0) is 11.3. The first-order chi connectivity index (χ1) is 7.08. The maximum atomic E-state index is 11.5. The Morgan fingerprint density at radius 1 is 1.33 bits per heavy atom. The molecular formula is C12H17NOS. The van der Waals surface area contributed by atoms with Crippen molar-refractivity contribution in [1.82, 2.24) is 0 Å². The van der Waals surface area contributed by atoms with E-state index in [4.69, 9.17) is 0 Å². The third-order valence-electron chi connectivity index (χ3n) is 1.88. The molecule has 1 rings (SSSR count). The molecule has 0 unspecified atom stereocenters. The number of carbonyl (C=O) groups excluding carboxylic acids is 1. The monoisotopic (exact) mass is 223 g/mol. The van der Waals surface area contributed by atoms with Crippen molar-refractivity contribution in [2.24, 2.45) is 0 Å². The highest BCUT2D eigenvalue weighted by molar-refractivity contribution is 8.00. The molecule has 1 amide bonds. The second-order valence-corrected chi connectivity index (χ2v) is 5.34. The van der Waals surface area contributed by atoms with Gasteiger partial charge in [0.1, 0.15) is 0 Å². The summed E-state index contributed by atoms with van der Waals surface area (Å²) >= 11 is 1.65. The fourth-order valence-corrected chi connectivity index (χ4v) is 1.63. The molecule has 1 aromatic rings. The number of benzene rings is 1. The van der Waals surface area contributed by atoms with Crippen molar-refractivity contribution in [3.05, 3.63) is 29.8 Å². The first-order valence-corrected chi connectivity index (χ1v) is 6.11. The van der Waals surface area contributed by atoms with Gasteiger partial charge in [0, 0.05) is 5.69 Å². The molecule has 0 heterocycles. The highest BCUT2D eigenvalue weighted by atomic mass is 32.2. The maximum absolute atomic E-state index is 11.5. The summed E-state index contributed by atoms with van der Waals surface area (Å²) in [6.45, 7) is 6.20. The molecule has 0 saturated heterocycles. The van der Waals surface area contributed by atoms with Gasteiger partial charge in [-0.25, -0.2) is 0 Å². The molecule has 82 valence electrons. The molecule has 3 heteroatoms. The van der Waals surface area contributed by atoms with Crippen LogP contribution in [0.25, 0.3) is 0 Å². The molecule has 0 aliphatic rings. The molecule has 0 bridgehead atoms. The van der Waals surface area contributed by atoms with Gasteiger partial charge in [0.15, 0.2) is 0 Å². The topological polar surface area (TPSA) is 29.1 Å². The lowest BCUT2D eigenvalue weighted by Crippen LogP contribution is -2.15. The summed E-state index contributed by atoms with van der Waals surface area (Å²) in [5.41, 5.74) is 2.07. The van der Waals surface area contributed by atoms with E-state index >= 15 is 0 Å². The number of amides is 1. The van der Waals surface area contributed by atoms with Gasteiger partial charge in [-0.05, 0) is 24.3 Å². The Bertz CT molecular complexity index is 319. The first-order valence-electron chi connectivity index (χ1n) is 5.06. The van der Waals surface area contributed by atoms with Gasteiger partial charge in [-0.15, -0.1) is 11.8 Å². The molecule has 0 aliphatic carbocycles. The van der Waals surface area contributed by atoms with E-state index in [0.29, 0.717) is 11.0 Å². The van der Waals surface area contributed by atoms with Crippen molar-refractivity contribution >= 4 is 23.4 Å². The molecule has 2 nitrogen and oxygen atoms in total. The summed E-state index contributed by atoms with van der Waals surface area (Å²) in [6, 6.07) is 7.83. The molecule has 0 saturated carbocycles. The van der Waals surface area contributed by atoms with Gasteiger partial charge in [-0.1, -0.05) is 31.5 Å². The number of hydrogen-bond donors (Lipinski definition) is 1. The van der Waals surface area contributed by atoms with Crippen molar-refractivity contribution in [2.75, 3.05) is 11.1 Å². The van der Waals surface area contributed by atoms with E-state index in [9.17, 15) is 4.79 Å². The summed E-state index contributed by atoms with van der Waals surface area (Å²) < 4.78 is 0. The SMILES string of the molecule is Cc1ccc(NC(=O)CSC(C)C)cc1. The van der Waals surface area contributed by atoms with Crippen molar-refractivity contribution in [3.8, 4) is 0 Å². The lowest BCUT2D eigenvalue weighted by Gasteiger charge is -2.06. The Balaban J connectivity index is 2.41. The molecule has 0 spiro atoms. The molecule has 1 N–H and O–H groups in total. The minimum atomic E-state index is 0.0672. The Kier molecular flexibility index (Phi) is 4.69. The number of nitrogens with one attached hydrogen (secondary N) is 1. The van der Waals surface area contributed by atoms with Gasteiger partial charge in [0.25, 0.3) is 0 Å². The lowest BCUT2D eigenvalue weighted by molar-refractivity contribution is -0.113. The molecule has 0 radical (unpaired) electrons. The highest BCUT2D eigenvalue weighted by Gasteiger charge is 2.03. The van der Waals surface area contributed by atoms with E-state index in [0.717, 1.165) is 5.69 Å². The average Bonchev–Trinajstić information content (AvgIpc) is 2.19. The van der Waals surface area contributed by atoms with E-state index in [1.807, 2.05) is 31.2 Å². The summed E-state index contributed by atoms with van der Waals surface area (Å²) in [5.74, 6) is 0.587. The largest absolute Gasteiger partial charge is 0.325 e. The molecule has 0 aliphatic heterocycles. The lowest BCUT2D eigenvalue weighted by atomic mass is 10.2. The Morgan fingerprint density at radius 2 is 1.93 bits per heavy atom. The number of anilines is 1. The Morgan fingerprint density at radius 3 is 2.47 bits per heavy atom. The summed E-state index contributed by atoms with van der Waals surface area (Å²) in [6.07, 6.45) is 0. The van der Waals surface area contributed by atoms with Crippen LogP contribution >= 0.6 is 11.8 Å². The fraction of sp³-hybridized carbons (Fsp3) is 0.417. The summed E-state index contributed by atoms with van der Waals surface area (Å²) in [4.78, 5) is 11.5. The Hall–Kier alpha value is -0.960. The quantitative estimate of drug-likeness (QED) is 0.850. The van der Waals surface area contributed by atoms with Crippen LogP contribution in [0.4, 0.5) is 5.69 Å². The van der Waals surface area contributed by atoms with Crippen molar-refractivity contribution in [1.29, 1.82) is 0 Å². The van der Waals surface area contributed by atoms with E-state index in [1.54, 1.807) is 11.8 Å². The smallest absolute Gasteiger partial charge is 0.234 e.